The van der Waals surface area contributed by atoms with Gasteiger partial charge in [-0.1, -0.05) is 13.0 Å². The molecule has 7 nitrogen and oxygen atoms in total. The lowest BCUT2D eigenvalue weighted by atomic mass is 10.2. The Balaban J connectivity index is 1.54. The molecule has 2 aromatic heterocycles. The Hall–Kier alpha value is -3.40. The molecule has 10 heteroatoms. The van der Waals surface area contributed by atoms with Gasteiger partial charge in [-0.15, -0.1) is 0 Å². The maximum absolute atomic E-state index is 12.6. The van der Waals surface area contributed by atoms with E-state index in [1.165, 1.54) is 18.3 Å². The van der Waals surface area contributed by atoms with Crippen LogP contribution in [0.2, 0.25) is 0 Å². The number of nitrogens with zero attached hydrogens (tertiary/aromatic N) is 3. The molecule has 31 heavy (non-hydrogen) atoms. The number of alkyl halides is 3. The van der Waals surface area contributed by atoms with Gasteiger partial charge in [0.1, 0.15) is 18.5 Å². The van der Waals surface area contributed by atoms with Crippen molar-refractivity contribution < 1.29 is 27.8 Å². The molecular formula is C21H21F3N4O3. The summed E-state index contributed by atoms with van der Waals surface area (Å²) in [5, 5.41) is 16.9. The minimum Gasteiger partial charge on any atom is -0.491 e. The number of rotatable bonds is 8. The molecule has 0 aliphatic carbocycles. The molecule has 0 aliphatic rings. The van der Waals surface area contributed by atoms with Gasteiger partial charge in [0.15, 0.2) is 5.82 Å². The van der Waals surface area contributed by atoms with Crippen LogP contribution in [0.5, 0.6) is 5.75 Å². The van der Waals surface area contributed by atoms with Crippen LogP contribution >= 0.6 is 0 Å². The van der Waals surface area contributed by atoms with Crippen LogP contribution in [0.1, 0.15) is 28.5 Å². The number of hydrogen-bond acceptors (Lipinski definition) is 5. The third kappa shape index (κ3) is 5.60. The zero-order valence-corrected chi connectivity index (χ0v) is 16.6. The number of amides is 1. The molecule has 164 valence electrons. The number of carbonyl (C=O) groups excluding carboxylic acids is 1. The van der Waals surface area contributed by atoms with Crippen LogP contribution < -0.4 is 10.1 Å². The van der Waals surface area contributed by atoms with Crippen molar-refractivity contribution in [2.75, 3.05) is 13.2 Å². The molecule has 0 saturated heterocycles. The minimum atomic E-state index is -4.43. The number of benzene rings is 1. The number of aliphatic hydroxyl groups is 1. The maximum Gasteiger partial charge on any atom is 0.416 e. The molecule has 1 amide bonds. The van der Waals surface area contributed by atoms with Crippen molar-refractivity contribution in [3.63, 3.8) is 0 Å². The molecule has 2 N–H and O–H groups in total. The van der Waals surface area contributed by atoms with Gasteiger partial charge in [-0.2, -0.15) is 18.3 Å². The fraction of sp³-hybridized carbons (Fsp3) is 0.286. The number of nitrogens with one attached hydrogen (secondary N) is 1. The van der Waals surface area contributed by atoms with E-state index in [0.717, 1.165) is 12.1 Å². The highest BCUT2D eigenvalue weighted by molar-refractivity contribution is 5.95. The molecule has 0 bridgehead atoms. The second kappa shape index (κ2) is 9.61. The van der Waals surface area contributed by atoms with Crippen LogP contribution in [0.3, 0.4) is 0 Å². The summed E-state index contributed by atoms with van der Waals surface area (Å²) >= 11 is 0. The van der Waals surface area contributed by atoms with E-state index in [0.29, 0.717) is 23.5 Å². The molecule has 3 rings (SSSR count). The lowest BCUT2D eigenvalue weighted by molar-refractivity contribution is -0.137. The molecular weight excluding hydrogens is 413 g/mol. The quantitative estimate of drug-likeness (QED) is 0.569. The van der Waals surface area contributed by atoms with Crippen molar-refractivity contribution in [1.29, 1.82) is 0 Å². The average Bonchev–Trinajstić information content (AvgIpc) is 3.20. The van der Waals surface area contributed by atoms with Crippen LogP contribution in [0.25, 0.3) is 5.82 Å². The lowest BCUT2D eigenvalue weighted by Gasteiger charge is -2.14. The number of hydrogen-bond donors (Lipinski definition) is 2. The van der Waals surface area contributed by atoms with Crippen molar-refractivity contribution in [3.8, 4) is 11.6 Å². The summed E-state index contributed by atoms with van der Waals surface area (Å²) < 4.78 is 44.6. The van der Waals surface area contributed by atoms with Gasteiger partial charge in [0.2, 0.25) is 0 Å². The summed E-state index contributed by atoms with van der Waals surface area (Å²) in [4.78, 5) is 16.8. The van der Waals surface area contributed by atoms with Gasteiger partial charge < -0.3 is 15.2 Å². The number of aliphatic hydroxyl groups excluding tert-OH is 1. The van der Waals surface area contributed by atoms with Crippen molar-refractivity contribution in [3.05, 3.63) is 71.7 Å². The number of ether oxygens (including phenoxy) is 1. The fourth-order valence-corrected chi connectivity index (χ4v) is 2.88. The normalized spacial score (nSPS) is 12.4. The predicted molar refractivity (Wildman–Crippen MR) is 106 cm³/mol. The Kier molecular flexibility index (Phi) is 6.91. The largest absolute Gasteiger partial charge is 0.491 e. The minimum absolute atomic E-state index is 0.0998. The van der Waals surface area contributed by atoms with Gasteiger partial charge in [-0.3, -0.25) is 4.79 Å². The molecule has 1 unspecified atom stereocenters. The average molecular weight is 434 g/mol. The third-order valence-corrected chi connectivity index (χ3v) is 4.44. The number of pyridine rings is 1. The summed E-state index contributed by atoms with van der Waals surface area (Å²) in [6, 6.07) is 9.51. The summed E-state index contributed by atoms with van der Waals surface area (Å²) in [6.07, 6.45) is -1.87. The zero-order chi connectivity index (χ0) is 22.4. The standard InChI is InChI=1S/C21H21F3N4O3/c1-2-18-17(12-27-28(18)19-5-3-4-10-25-19)20(30)26-11-15(29)13-31-16-8-6-14(7-9-16)21(22,23)24/h3-10,12,15,29H,2,11,13H2,1H3,(H,26,30). The van der Waals surface area contributed by atoms with Crippen molar-refractivity contribution >= 4 is 5.91 Å². The van der Waals surface area contributed by atoms with Gasteiger partial charge in [-0.05, 0) is 42.8 Å². The van der Waals surface area contributed by atoms with E-state index in [1.807, 2.05) is 13.0 Å². The summed E-state index contributed by atoms with van der Waals surface area (Å²) in [6.45, 7) is 1.59. The first-order valence-corrected chi connectivity index (χ1v) is 9.54. The second-order valence-electron chi connectivity index (χ2n) is 6.66. The maximum atomic E-state index is 12.6. The molecule has 0 fully saturated rings. The van der Waals surface area contributed by atoms with Crippen LogP contribution in [-0.2, 0) is 12.6 Å². The van der Waals surface area contributed by atoms with E-state index in [-0.39, 0.29) is 18.9 Å². The van der Waals surface area contributed by atoms with E-state index < -0.39 is 23.8 Å². The molecule has 1 atom stereocenters. The molecule has 0 saturated carbocycles. The van der Waals surface area contributed by atoms with Crippen molar-refractivity contribution in [2.24, 2.45) is 0 Å². The van der Waals surface area contributed by atoms with E-state index in [2.05, 4.69) is 15.4 Å². The van der Waals surface area contributed by atoms with Gasteiger partial charge >= 0.3 is 6.18 Å². The molecule has 0 radical (unpaired) electrons. The first-order chi connectivity index (χ1) is 14.8. The predicted octanol–water partition coefficient (Wildman–Crippen LogP) is 3.02. The van der Waals surface area contributed by atoms with Gasteiger partial charge in [0.05, 0.1) is 23.0 Å². The fourth-order valence-electron chi connectivity index (χ4n) is 2.88. The van der Waals surface area contributed by atoms with Crippen molar-refractivity contribution in [1.82, 2.24) is 20.1 Å². The second-order valence-corrected chi connectivity index (χ2v) is 6.66. The molecule has 0 spiro atoms. The Bertz CT molecular complexity index is 1000. The van der Waals surface area contributed by atoms with Crippen LogP contribution in [-0.4, -0.2) is 45.0 Å². The third-order valence-electron chi connectivity index (χ3n) is 4.44. The summed E-state index contributed by atoms with van der Waals surface area (Å²) in [5.74, 6) is 0.360. The summed E-state index contributed by atoms with van der Waals surface area (Å²) in [5.41, 5.74) is 0.251. The Labute approximate surface area is 176 Å². The number of carbonyl (C=O) groups is 1. The monoisotopic (exact) mass is 434 g/mol. The smallest absolute Gasteiger partial charge is 0.416 e. The highest BCUT2D eigenvalue weighted by Crippen LogP contribution is 2.30. The van der Waals surface area contributed by atoms with Crippen LogP contribution in [0.4, 0.5) is 13.2 Å². The van der Waals surface area contributed by atoms with E-state index in [9.17, 15) is 23.1 Å². The number of aromatic nitrogens is 3. The van der Waals surface area contributed by atoms with Crippen LogP contribution in [0, 0.1) is 0 Å². The first-order valence-electron chi connectivity index (χ1n) is 9.54. The number of halogens is 3. The Morgan fingerprint density at radius 2 is 1.97 bits per heavy atom. The van der Waals surface area contributed by atoms with E-state index in [1.54, 1.807) is 23.0 Å². The highest BCUT2D eigenvalue weighted by atomic mass is 19.4. The van der Waals surface area contributed by atoms with Gasteiger partial charge in [0.25, 0.3) is 5.91 Å². The zero-order valence-electron chi connectivity index (χ0n) is 16.6. The lowest BCUT2D eigenvalue weighted by Crippen LogP contribution is -2.35. The first kappa shape index (κ1) is 22.3. The van der Waals surface area contributed by atoms with E-state index >= 15 is 0 Å². The Morgan fingerprint density at radius 1 is 1.23 bits per heavy atom. The van der Waals surface area contributed by atoms with Gasteiger partial charge in [0, 0.05) is 12.7 Å². The van der Waals surface area contributed by atoms with E-state index in [4.69, 9.17) is 4.74 Å². The molecule has 2 heterocycles. The molecule has 0 aliphatic heterocycles. The molecule has 1 aromatic carbocycles. The summed E-state index contributed by atoms with van der Waals surface area (Å²) in [7, 11) is 0. The van der Waals surface area contributed by atoms with Crippen molar-refractivity contribution in [2.45, 2.75) is 25.6 Å². The van der Waals surface area contributed by atoms with Gasteiger partial charge in [-0.25, -0.2) is 9.67 Å². The molecule has 3 aromatic rings. The Morgan fingerprint density at radius 3 is 2.58 bits per heavy atom. The highest BCUT2D eigenvalue weighted by Gasteiger charge is 2.30. The SMILES string of the molecule is CCc1c(C(=O)NCC(O)COc2ccc(C(F)(F)F)cc2)cnn1-c1ccccn1. The van der Waals surface area contributed by atoms with Crippen LogP contribution in [0.15, 0.2) is 54.9 Å². The topological polar surface area (TPSA) is 89.3 Å².